The van der Waals surface area contributed by atoms with Gasteiger partial charge in [-0.3, -0.25) is 10.7 Å². The number of nitrogens with two attached hydrogens (primary N) is 1. The van der Waals surface area contributed by atoms with E-state index in [4.69, 9.17) is 17.0 Å². The Hall–Kier alpha value is -2.56. The lowest BCUT2D eigenvalue weighted by Gasteiger charge is -2.11. The quantitative estimate of drug-likeness (QED) is 0.725. The molecule has 3 aromatic rings. The Kier molecular flexibility index (Phi) is 4.46. The first-order chi connectivity index (χ1) is 11.2. The monoisotopic (exact) mass is 323 g/mol. The van der Waals surface area contributed by atoms with Crippen molar-refractivity contribution in [2.24, 2.45) is 0 Å². The largest absolute Gasteiger partial charge is 0.299 e. The molecule has 0 aliphatic heterocycles. The molecule has 3 N–H and O–H groups in total. The third kappa shape index (κ3) is 2.99. The second-order valence-electron chi connectivity index (χ2n) is 5.02. The summed E-state index contributed by atoms with van der Waals surface area (Å²) in [5, 5.41) is 19.3. The molecule has 0 saturated heterocycles. The van der Waals surface area contributed by atoms with Crippen molar-refractivity contribution in [3.05, 3.63) is 76.8 Å². The summed E-state index contributed by atoms with van der Waals surface area (Å²) in [6, 6.07) is 19.2. The Balaban J connectivity index is 2.17. The summed E-state index contributed by atoms with van der Waals surface area (Å²) in [7, 11) is 1.87. The lowest BCUT2D eigenvalue weighted by Crippen LogP contribution is -2.74. The van der Waals surface area contributed by atoms with Gasteiger partial charge in [-0.2, -0.15) is 0 Å². The van der Waals surface area contributed by atoms with E-state index in [9.17, 15) is 0 Å². The van der Waals surface area contributed by atoms with Crippen molar-refractivity contribution in [1.29, 1.82) is 5.41 Å². The van der Waals surface area contributed by atoms with E-state index in [1.54, 1.807) is 0 Å². The second-order valence-corrected chi connectivity index (χ2v) is 5.40. The summed E-state index contributed by atoms with van der Waals surface area (Å²) < 4.78 is 0. The number of nitrogens with one attached hydrogen (secondary N) is 1. The molecule has 0 unspecified atom stereocenters. The number of halogens is 1. The van der Waals surface area contributed by atoms with Gasteiger partial charge in [0, 0.05) is 11.1 Å². The van der Waals surface area contributed by atoms with Crippen LogP contribution in [0.25, 0.3) is 11.3 Å². The highest BCUT2D eigenvalue weighted by Crippen LogP contribution is 2.31. The van der Waals surface area contributed by atoms with Crippen LogP contribution in [0.5, 0.6) is 0 Å². The summed E-state index contributed by atoms with van der Waals surface area (Å²) in [6.45, 7) is 0. The van der Waals surface area contributed by atoms with E-state index >= 15 is 0 Å². The van der Waals surface area contributed by atoms with Crippen LogP contribution in [0.1, 0.15) is 11.1 Å². The number of hydrogen-bond donors (Lipinski definition) is 2. The Morgan fingerprint density at radius 3 is 2.17 bits per heavy atom. The van der Waals surface area contributed by atoms with Crippen molar-refractivity contribution in [1.82, 2.24) is 10.2 Å². The first-order valence-electron chi connectivity index (χ1n) is 7.27. The van der Waals surface area contributed by atoms with Crippen molar-refractivity contribution in [2.45, 2.75) is 0 Å². The molecule has 0 aliphatic carbocycles. The van der Waals surface area contributed by atoms with Gasteiger partial charge in [0.15, 0.2) is 0 Å². The summed E-state index contributed by atoms with van der Waals surface area (Å²) in [5.41, 5.74) is 3.22. The third-order valence-corrected chi connectivity index (χ3v) is 3.94. The molecule has 1 heterocycles. The Morgan fingerprint density at radius 1 is 0.957 bits per heavy atom. The zero-order valence-electron chi connectivity index (χ0n) is 12.6. The van der Waals surface area contributed by atoms with Crippen LogP contribution in [0.4, 0.5) is 5.82 Å². The van der Waals surface area contributed by atoms with Crippen LogP contribution in [0, 0.1) is 5.41 Å². The molecule has 0 amide bonds. The van der Waals surface area contributed by atoms with Crippen LogP contribution >= 0.6 is 11.6 Å². The molecule has 2 aromatic carbocycles. The molecule has 1 aromatic heterocycles. The van der Waals surface area contributed by atoms with E-state index in [-0.39, 0.29) is 0 Å². The SMILES string of the molecule is C[NH2+]c1nnc(-c2ccccc2)c(Cl)c1C(=N)c1ccccc1. The predicted octanol–water partition coefficient (Wildman–Crippen LogP) is 3.04. The molecule has 0 radical (unpaired) electrons. The lowest BCUT2D eigenvalue weighted by atomic mass is 10.0. The average Bonchev–Trinajstić information content (AvgIpc) is 2.62. The molecule has 4 nitrogen and oxygen atoms in total. The maximum Gasteiger partial charge on any atom is 0.254 e. The second kappa shape index (κ2) is 6.69. The van der Waals surface area contributed by atoms with E-state index < -0.39 is 0 Å². The topological polar surface area (TPSA) is 66.2 Å². The Morgan fingerprint density at radius 2 is 1.57 bits per heavy atom. The summed E-state index contributed by atoms with van der Waals surface area (Å²) in [6.07, 6.45) is 0. The number of rotatable bonds is 4. The van der Waals surface area contributed by atoms with Crippen LogP contribution in [0.3, 0.4) is 0 Å². The molecular weight excluding hydrogens is 308 g/mol. The molecule has 0 saturated carbocycles. The van der Waals surface area contributed by atoms with E-state index in [1.165, 1.54) is 0 Å². The van der Waals surface area contributed by atoms with Crippen LogP contribution in [0.15, 0.2) is 60.7 Å². The summed E-state index contributed by atoms with van der Waals surface area (Å²) in [5.74, 6) is 0.614. The molecular formula is C18H16ClN4+. The molecule has 3 rings (SSSR count). The van der Waals surface area contributed by atoms with Gasteiger partial charge < -0.3 is 0 Å². The summed E-state index contributed by atoms with van der Waals surface area (Å²) in [4.78, 5) is 0. The van der Waals surface area contributed by atoms with Gasteiger partial charge in [-0.05, 0) is 0 Å². The van der Waals surface area contributed by atoms with Gasteiger partial charge >= 0.3 is 0 Å². The van der Waals surface area contributed by atoms with Crippen molar-refractivity contribution < 1.29 is 5.32 Å². The van der Waals surface area contributed by atoms with Gasteiger partial charge in [0.2, 0.25) is 0 Å². The van der Waals surface area contributed by atoms with E-state index in [2.05, 4.69) is 10.2 Å². The molecule has 5 heteroatoms. The highest BCUT2D eigenvalue weighted by Gasteiger charge is 2.22. The molecule has 0 spiro atoms. The zero-order chi connectivity index (χ0) is 16.2. The minimum absolute atomic E-state index is 0.343. The van der Waals surface area contributed by atoms with Gasteiger partial charge in [0.05, 0.1) is 17.8 Å². The average molecular weight is 324 g/mol. The maximum atomic E-state index is 8.54. The highest BCUT2D eigenvalue weighted by atomic mass is 35.5. The van der Waals surface area contributed by atoms with Crippen molar-refractivity contribution in [3.8, 4) is 11.3 Å². The first-order valence-corrected chi connectivity index (χ1v) is 7.65. The van der Waals surface area contributed by atoms with Gasteiger partial charge in [-0.1, -0.05) is 77.4 Å². The maximum absolute atomic E-state index is 8.54. The van der Waals surface area contributed by atoms with Crippen LogP contribution in [-0.2, 0) is 0 Å². The highest BCUT2D eigenvalue weighted by molar-refractivity contribution is 6.38. The Labute approximate surface area is 139 Å². The number of hydrogen-bond acceptors (Lipinski definition) is 3. The third-order valence-electron chi connectivity index (χ3n) is 3.57. The molecule has 0 fully saturated rings. The lowest BCUT2D eigenvalue weighted by molar-refractivity contribution is -0.543. The minimum Gasteiger partial charge on any atom is -0.299 e. The minimum atomic E-state index is 0.343. The molecule has 0 aliphatic rings. The fourth-order valence-corrected chi connectivity index (χ4v) is 2.74. The van der Waals surface area contributed by atoms with Crippen molar-refractivity contribution >= 4 is 23.1 Å². The molecule has 23 heavy (non-hydrogen) atoms. The van der Waals surface area contributed by atoms with E-state index in [1.807, 2.05) is 73.0 Å². The van der Waals surface area contributed by atoms with Crippen LogP contribution in [0.2, 0.25) is 5.02 Å². The van der Waals surface area contributed by atoms with Crippen molar-refractivity contribution in [3.63, 3.8) is 0 Å². The van der Waals surface area contributed by atoms with Crippen molar-refractivity contribution in [2.75, 3.05) is 7.05 Å². The summed E-state index contributed by atoms with van der Waals surface area (Å²) >= 11 is 6.61. The normalized spacial score (nSPS) is 10.5. The smallest absolute Gasteiger partial charge is 0.254 e. The fourth-order valence-electron chi connectivity index (χ4n) is 2.40. The van der Waals surface area contributed by atoms with Gasteiger partial charge in [0.25, 0.3) is 5.82 Å². The first kappa shape index (κ1) is 15.3. The standard InChI is InChI=1S/C18H15ClN4/c1-21-18-14(16(20)12-8-4-2-5-9-12)15(19)17(22-23-18)13-10-6-3-7-11-13/h2-11,20H,1H3,(H,21,23)/p+1. The predicted molar refractivity (Wildman–Crippen MR) is 92.4 cm³/mol. The molecule has 114 valence electrons. The molecule has 0 atom stereocenters. The van der Waals surface area contributed by atoms with Gasteiger partial charge in [0.1, 0.15) is 11.3 Å². The number of nitrogens with zero attached hydrogens (tertiary/aromatic N) is 2. The van der Waals surface area contributed by atoms with E-state index in [0.717, 1.165) is 11.1 Å². The Bertz CT molecular complexity index is 832. The number of benzene rings is 2. The van der Waals surface area contributed by atoms with E-state index in [0.29, 0.717) is 27.8 Å². The number of quaternary nitrogens is 1. The fraction of sp³-hybridized carbons (Fsp3) is 0.0556. The van der Waals surface area contributed by atoms with Gasteiger partial charge in [-0.15, -0.1) is 5.10 Å². The zero-order valence-corrected chi connectivity index (χ0v) is 13.4. The molecule has 0 bridgehead atoms. The number of aromatic nitrogens is 2. The van der Waals surface area contributed by atoms with Crippen LogP contribution in [-0.4, -0.2) is 23.0 Å². The van der Waals surface area contributed by atoms with Gasteiger partial charge in [-0.25, -0.2) is 0 Å². The van der Waals surface area contributed by atoms with Crippen LogP contribution < -0.4 is 5.32 Å².